The molecule has 16 nitrogen and oxygen atoms in total. The molecule has 0 aliphatic heterocycles. The Morgan fingerprint density at radius 2 is 1.30 bits per heavy atom. The summed E-state index contributed by atoms with van der Waals surface area (Å²) in [4.78, 5) is 61.8. The van der Waals surface area contributed by atoms with Crippen LogP contribution in [0.3, 0.4) is 0 Å². The lowest BCUT2D eigenvalue weighted by Crippen LogP contribution is -2.36. The van der Waals surface area contributed by atoms with Gasteiger partial charge in [0.2, 0.25) is 5.91 Å². The second kappa shape index (κ2) is 22.5. The van der Waals surface area contributed by atoms with Crippen LogP contribution in [-0.2, 0) is 66.1 Å². The average molecular weight is 1020 g/mol. The van der Waals surface area contributed by atoms with Crippen molar-refractivity contribution in [3.8, 4) is 28.7 Å². The Morgan fingerprint density at radius 3 is 1.92 bits per heavy atom. The Bertz CT molecular complexity index is 3040. The van der Waals surface area contributed by atoms with Crippen LogP contribution in [0.2, 0.25) is 0 Å². The topological polar surface area (TPSA) is 202 Å². The van der Waals surface area contributed by atoms with Gasteiger partial charge in [-0.2, -0.15) is 0 Å². The zero-order valence-corrected chi connectivity index (χ0v) is 41.5. The van der Waals surface area contributed by atoms with Crippen molar-refractivity contribution in [1.82, 2.24) is 15.5 Å². The van der Waals surface area contributed by atoms with E-state index in [1.807, 2.05) is 42.5 Å². The Morgan fingerprint density at radius 1 is 0.676 bits per heavy atom. The van der Waals surface area contributed by atoms with Gasteiger partial charge in [0.05, 0.1) is 70.3 Å². The number of phenolic OH excluding ortho intramolecular Hbond substituents is 1. The van der Waals surface area contributed by atoms with Crippen LogP contribution in [0, 0.1) is 34.3 Å². The number of carbonyl (C=O) groups excluding carboxylic acids is 4. The highest BCUT2D eigenvalue weighted by atomic mass is 19.1. The average Bonchev–Trinajstić information content (AvgIpc) is 4.35. The number of ether oxygens (including phenoxy) is 6. The van der Waals surface area contributed by atoms with E-state index < -0.39 is 63.8 Å². The van der Waals surface area contributed by atoms with Crippen LogP contribution < -0.4 is 24.4 Å². The number of hydrogen-bond donors (Lipinski definition) is 3. The molecule has 3 aliphatic carbocycles. The number of pyridine rings is 1. The Kier molecular flexibility index (Phi) is 16.0. The number of rotatable bonds is 20. The third-order valence-corrected chi connectivity index (χ3v) is 13.9. The summed E-state index contributed by atoms with van der Waals surface area (Å²) in [6.45, 7) is 0.308. The molecule has 1 aromatic heterocycles. The minimum Gasteiger partial charge on any atom is -0.505 e. The summed E-state index contributed by atoms with van der Waals surface area (Å²) in [5, 5.41) is 20.7. The number of amides is 2. The highest BCUT2D eigenvalue weighted by Crippen LogP contribution is 2.57. The van der Waals surface area contributed by atoms with Gasteiger partial charge >= 0.3 is 11.9 Å². The molecule has 18 heteroatoms. The smallest absolute Gasteiger partial charge is 0.312 e. The fraction of sp³-hybridized carbons (Fsp3) is 0.339. The molecule has 0 spiro atoms. The van der Waals surface area contributed by atoms with Gasteiger partial charge in [0.1, 0.15) is 30.5 Å². The highest BCUT2D eigenvalue weighted by molar-refractivity contribution is 5.94. The molecule has 1 heterocycles. The molecule has 3 saturated carbocycles. The van der Waals surface area contributed by atoms with Crippen LogP contribution in [-0.4, -0.2) is 79.7 Å². The van der Waals surface area contributed by atoms with Crippen LogP contribution in [0.5, 0.6) is 28.7 Å². The number of nitrogens with zero attached hydrogens (tertiary/aromatic N) is 2. The zero-order valence-electron chi connectivity index (χ0n) is 41.5. The fourth-order valence-corrected chi connectivity index (χ4v) is 9.41. The van der Waals surface area contributed by atoms with E-state index in [2.05, 4.69) is 0 Å². The van der Waals surface area contributed by atoms with Gasteiger partial charge in [-0.05, 0) is 116 Å². The van der Waals surface area contributed by atoms with Gasteiger partial charge in [0.25, 0.3) is 5.91 Å². The number of nitrogens with one attached hydrogen (secondary N) is 1. The van der Waals surface area contributed by atoms with Crippen molar-refractivity contribution in [3.05, 3.63) is 154 Å². The summed E-state index contributed by atoms with van der Waals surface area (Å²) in [5.41, 5.74) is 4.65. The van der Waals surface area contributed by atoms with Gasteiger partial charge < -0.3 is 33.5 Å². The first-order valence-corrected chi connectivity index (χ1v) is 23.9. The molecule has 3 N–H and O–H groups in total. The molecule has 3 aliphatic rings. The first kappa shape index (κ1) is 52.5. The van der Waals surface area contributed by atoms with Crippen LogP contribution in [0.4, 0.5) is 8.78 Å². The lowest BCUT2D eigenvalue weighted by atomic mass is 9.93. The van der Waals surface area contributed by atoms with Gasteiger partial charge in [-0.3, -0.25) is 34.2 Å². The first-order valence-electron chi connectivity index (χ1n) is 23.9. The summed E-state index contributed by atoms with van der Waals surface area (Å²) < 4.78 is 60.7. The number of para-hydroxylation sites is 1. The normalized spacial score (nSPS) is 19.2. The van der Waals surface area contributed by atoms with Crippen molar-refractivity contribution in [2.75, 3.05) is 35.5 Å². The summed E-state index contributed by atoms with van der Waals surface area (Å²) in [6.07, 6.45) is 2.87. The van der Waals surface area contributed by atoms with Gasteiger partial charge in [-0.25, -0.2) is 19.3 Å². The van der Waals surface area contributed by atoms with E-state index in [0.29, 0.717) is 39.9 Å². The second-order valence-corrected chi connectivity index (χ2v) is 18.6. The minimum absolute atomic E-state index is 0.0315. The molecule has 2 amide bonds. The molecule has 6 aromatic rings. The number of fused-ring (bicyclic) bond motifs is 1. The monoisotopic (exact) mass is 1020 g/mol. The first-order chi connectivity index (χ1) is 35.7. The number of aromatic nitrogens is 1. The highest BCUT2D eigenvalue weighted by Gasteiger charge is 2.66. The van der Waals surface area contributed by atoms with Crippen LogP contribution >= 0.6 is 0 Å². The molecule has 0 saturated heterocycles. The van der Waals surface area contributed by atoms with Crippen molar-refractivity contribution in [2.45, 2.75) is 64.2 Å². The van der Waals surface area contributed by atoms with E-state index in [9.17, 15) is 33.1 Å². The molecule has 2 unspecified atom stereocenters. The van der Waals surface area contributed by atoms with E-state index in [1.165, 1.54) is 50.7 Å². The lowest BCUT2D eigenvalue weighted by Gasteiger charge is -2.25. The third-order valence-electron chi connectivity index (χ3n) is 13.9. The van der Waals surface area contributed by atoms with Crippen molar-refractivity contribution in [1.29, 1.82) is 0 Å². The molecule has 9 rings (SSSR count). The second-order valence-electron chi connectivity index (χ2n) is 18.6. The number of hydroxylamine groups is 3. The number of aromatic hydroxyl groups is 1. The quantitative estimate of drug-likeness (QED) is 0.0373. The third kappa shape index (κ3) is 11.5. The van der Waals surface area contributed by atoms with Gasteiger partial charge in [0.15, 0.2) is 23.1 Å². The number of halogens is 2. The van der Waals surface area contributed by atoms with Crippen molar-refractivity contribution < 1.29 is 71.5 Å². The van der Waals surface area contributed by atoms with E-state index >= 15 is 0 Å². The van der Waals surface area contributed by atoms with Crippen molar-refractivity contribution in [2.24, 2.45) is 22.7 Å². The maximum absolute atomic E-state index is 14.9. The maximum Gasteiger partial charge on any atom is 0.312 e. The predicted molar refractivity (Wildman–Crippen MR) is 263 cm³/mol. The Balaban J connectivity index is 0.000000199. The van der Waals surface area contributed by atoms with Crippen molar-refractivity contribution >= 4 is 34.7 Å². The Labute approximate surface area is 426 Å². The number of phenols is 1. The molecular weight excluding hydrogens is 961 g/mol. The zero-order chi connectivity index (χ0) is 52.7. The van der Waals surface area contributed by atoms with Crippen LogP contribution in [0.15, 0.2) is 109 Å². The Hall–Kier alpha value is -7.83. The summed E-state index contributed by atoms with van der Waals surface area (Å²) in [6, 6.07) is 30.8. The molecule has 5 aromatic carbocycles. The van der Waals surface area contributed by atoms with E-state index in [-0.39, 0.29) is 51.2 Å². The standard InChI is InChI=1S/C30H32FNO8.C26H25FN2O5/c1-36-22-9-5-19(6-10-22)18-40-32(17-21-8-11-23(37-2)14-27(21)38-3)28(34)24-16-30(24,29(35)39-4)15-20-7-12-26(33)25(31)13-20;1-33-25(31)26(13-19(26)24(30)29-32)12-15-6-9-23(20(27)10-15)34-14-17-11-22(16-7-8-16)28-21-5-3-2-4-18(17)21/h5-14,24,33H,15-18H2,1-4H3;2-6,9-11,16,19,32H,7-8,12-14H2,1H3,(H,29,30)/t24?,30-;19?,26-/m00/s1. The molecule has 3 fully saturated rings. The number of benzene rings is 5. The van der Waals surface area contributed by atoms with E-state index in [1.54, 1.807) is 56.1 Å². The van der Waals surface area contributed by atoms with E-state index in [4.69, 9.17) is 43.4 Å². The van der Waals surface area contributed by atoms with Crippen LogP contribution in [0.25, 0.3) is 10.9 Å². The summed E-state index contributed by atoms with van der Waals surface area (Å²) in [7, 11) is 7.13. The van der Waals surface area contributed by atoms with Crippen LogP contribution in [0.1, 0.15) is 65.1 Å². The molecule has 4 atom stereocenters. The van der Waals surface area contributed by atoms with Gasteiger partial charge in [0, 0.05) is 34.2 Å². The number of hydrogen-bond acceptors (Lipinski definition) is 14. The lowest BCUT2D eigenvalue weighted by molar-refractivity contribution is -0.198. The SMILES string of the molecule is COC(=O)[C@@]1(Cc2ccc(O)c(F)c2)CC1C(=O)N(Cc1ccc(OC)cc1OC)OCc1ccc(OC)cc1.COC(=O)[C@@]1(Cc2ccc(OCc3cc(C4CC4)nc4ccccc34)c(F)c2)CC1C(=O)NO. The minimum atomic E-state index is -1.19. The number of carbonyl (C=O) groups is 4. The van der Waals surface area contributed by atoms with E-state index in [0.717, 1.165) is 46.6 Å². The van der Waals surface area contributed by atoms with Gasteiger partial charge in [-0.15, -0.1) is 0 Å². The number of methoxy groups -OCH3 is 5. The molecule has 388 valence electrons. The summed E-state index contributed by atoms with van der Waals surface area (Å²) >= 11 is 0. The molecule has 74 heavy (non-hydrogen) atoms. The molecular formula is C56H57F2N3O13. The maximum atomic E-state index is 14.9. The predicted octanol–water partition coefficient (Wildman–Crippen LogP) is 8.50. The molecule has 0 radical (unpaired) electrons. The number of esters is 2. The van der Waals surface area contributed by atoms with Gasteiger partial charge in [-0.1, -0.05) is 42.5 Å². The summed E-state index contributed by atoms with van der Waals surface area (Å²) in [5.74, 6) is -3.18. The largest absolute Gasteiger partial charge is 0.505 e. The van der Waals surface area contributed by atoms with Crippen molar-refractivity contribution in [3.63, 3.8) is 0 Å². The molecule has 0 bridgehead atoms. The fourth-order valence-electron chi connectivity index (χ4n) is 9.41.